The molecule has 0 radical (unpaired) electrons. The van der Waals surface area contributed by atoms with E-state index in [-0.39, 0.29) is 56.0 Å². The van der Waals surface area contributed by atoms with Gasteiger partial charge in [-0.1, -0.05) is 0 Å². The Bertz CT molecular complexity index is 2550. The molecule has 5 fully saturated rings. The number of hydrogen-bond acceptors (Lipinski definition) is 20. The summed E-state index contributed by atoms with van der Waals surface area (Å²) < 4.78 is 87.9. The lowest BCUT2D eigenvalue weighted by Gasteiger charge is -2.42. The number of nitrogen functional groups attached to an aromatic ring is 1. The third-order valence-electron chi connectivity index (χ3n) is 13.1. The number of pyridine rings is 2. The van der Waals surface area contributed by atoms with Gasteiger partial charge >= 0.3 is 7.12 Å². The first-order chi connectivity index (χ1) is 34.9. The highest BCUT2D eigenvalue weighted by Gasteiger charge is 2.53. The summed E-state index contributed by atoms with van der Waals surface area (Å²) in [5.41, 5.74) is 3.86. The zero-order chi connectivity index (χ0) is 53.6. The Morgan fingerprint density at radius 2 is 1.11 bits per heavy atom. The van der Waals surface area contributed by atoms with E-state index < -0.39 is 31.2 Å². The minimum Gasteiger partial charge on any atom is -0.399 e. The van der Waals surface area contributed by atoms with Crippen LogP contribution >= 0.6 is 11.6 Å². The van der Waals surface area contributed by atoms with Gasteiger partial charge in [0.25, 0.3) is 12.9 Å². The standard InChI is InChI=1S/C19H25F2N7O2.C15H22BF2N3O2.C13H20ClN5O2/c1-19(2)11-30-8-5-28(19)18-25-16(13-10-23-14(22)9-12(13)15(20)21)24-17(26-18)27-3-6-29-7-4-27;1-14(2)15(3,4)23-16(22-14)11-8-19-12(20-9-21(5)6)7-10(11)13(17)18;1-13(2)9-21-8-5-19(13)12-16-10(14)15-11(17-12)18-3-6-20-7-4-18/h9-10,15H,3-8,11H2,1-2H3,(H2,22,23);7-9,13H,1-6H3;3-9H2,1-2H3. The van der Waals surface area contributed by atoms with Gasteiger partial charge in [-0.3, -0.25) is 0 Å². The lowest BCUT2D eigenvalue weighted by molar-refractivity contribution is 0.00578. The molecule has 0 atom stereocenters. The van der Waals surface area contributed by atoms with Crippen LogP contribution in [0.2, 0.25) is 5.28 Å². The van der Waals surface area contributed by atoms with Crippen molar-refractivity contribution in [2.45, 2.75) is 90.5 Å². The Balaban J connectivity index is 0.000000165. The largest absolute Gasteiger partial charge is 0.496 e. The second-order valence-electron chi connectivity index (χ2n) is 20.5. The fraction of sp³-hybridized carbons (Fsp3) is 0.638. The van der Waals surface area contributed by atoms with Gasteiger partial charge in [-0.25, -0.2) is 32.5 Å². The van der Waals surface area contributed by atoms with E-state index in [9.17, 15) is 17.6 Å². The van der Waals surface area contributed by atoms with Gasteiger partial charge in [0.2, 0.25) is 29.1 Å². The predicted octanol–water partition coefficient (Wildman–Crippen LogP) is 5.42. The molecule has 0 spiro atoms. The Hall–Kier alpha value is -5.38. The molecule has 5 saturated heterocycles. The highest BCUT2D eigenvalue weighted by molar-refractivity contribution is 6.62. The molecule has 0 amide bonds. The van der Waals surface area contributed by atoms with Crippen LogP contribution < -0.4 is 30.8 Å². The molecule has 0 aromatic carbocycles. The molecule has 4 aromatic heterocycles. The van der Waals surface area contributed by atoms with Crippen molar-refractivity contribution in [3.8, 4) is 11.4 Å². The van der Waals surface area contributed by atoms with Crippen molar-refractivity contribution in [2.75, 3.05) is 132 Å². The summed E-state index contributed by atoms with van der Waals surface area (Å²) in [6.07, 6.45) is -1.25. The van der Waals surface area contributed by atoms with Gasteiger partial charge in [0, 0.05) is 87.9 Å². The Morgan fingerprint density at radius 3 is 1.61 bits per heavy atom. The van der Waals surface area contributed by atoms with Crippen LogP contribution in [0.4, 0.5) is 53.0 Å². The van der Waals surface area contributed by atoms with Gasteiger partial charge in [0.1, 0.15) is 5.82 Å². The monoisotopic (exact) mass is 1060 g/mol. The molecule has 27 heteroatoms. The summed E-state index contributed by atoms with van der Waals surface area (Å²) in [4.78, 5) is 49.0. The van der Waals surface area contributed by atoms with E-state index in [1.165, 1.54) is 24.8 Å². The number of aliphatic imine (C=N–C) groups is 1. The molecule has 0 bridgehead atoms. The molecule has 4 aromatic rings. The first-order valence-electron chi connectivity index (χ1n) is 24.4. The fourth-order valence-corrected chi connectivity index (χ4v) is 8.39. The third kappa shape index (κ3) is 13.7. The van der Waals surface area contributed by atoms with Crippen molar-refractivity contribution in [3.05, 3.63) is 40.9 Å². The number of ether oxygens (including phenoxy) is 4. The number of morpholine rings is 4. The minimum absolute atomic E-state index is 0.0195. The Labute approximate surface area is 434 Å². The van der Waals surface area contributed by atoms with Crippen molar-refractivity contribution < 1.29 is 45.8 Å². The molecular formula is C47H67BClF4N15O6. The van der Waals surface area contributed by atoms with E-state index in [2.05, 4.69) is 68.5 Å². The molecule has 0 aliphatic carbocycles. The van der Waals surface area contributed by atoms with E-state index in [1.807, 2.05) is 51.3 Å². The third-order valence-corrected chi connectivity index (χ3v) is 13.3. The van der Waals surface area contributed by atoms with Crippen LogP contribution in [0.1, 0.15) is 79.4 Å². The molecule has 9 heterocycles. The molecule has 5 aliphatic heterocycles. The van der Waals surface area contributed by atoms with E-state index in [0.29, 0.717) is 96.3 Å². The summed E-state index contributed by atoms with van der Waals surface area (Å²) in [6.45, 7) is 24.7. The van der Waals surface area contributed by atoms with E-state index in [1.54, 1.807) is 19.0 Å². The van der Waals surface area contributed by atoms with Gasteiger partial charge in [0.15, 0.2) is 11.6 Å². The smallest absolute Gasteiger partial charge is 0.399 e. The first kappa shape index (κ1) is 56.4. The van der Waals surface area contributed by atoms with Crippen LogP contribution in [-0.4, -0.2) is 187 Å². The van der Waals surface area contributed by atoms with Crippen molar-refractivity contribution >= 4 is 65.9 Å². The maximum atomic E-state index is 13.7. The molecule has 21 nitrogen and oxygen atoms in total. The van der Waals surface area contributed by atoms with E-state index in [4.69, 9.17) is 45.6 Å². The Morgan fingerprint density at radius 1 is 0.635 bits per heavy atom. The fourth-order valence-electron chi connectivity index (χ4n) is 8.24. The number of halogens is 5. The number of anilines is 5. The second-order valence-corrected chi connectivity index (χ2v) is 20.8. The van der Waals surface area contributed by atoms with Crippen LogP contribution in [0.5, 0.6) is 0 Å². The van der Waals surface area contributed by atoms with E-state index >= 15 is 0 Å². The quantitative estimate of drug-likeness (QED) is 0.0909. The zero-order valence-electron chi connectivity index (χ0n) is 43.7. The number of nitrogens with two attached hydrogens (primary N) is 1. The number of hydrogen-bond donors (Lipinski definition) is 1. The average molecular weight is 1060 g/mol. The maximum Gasteiger partial charge on any atom is 0.496 e. The van der Waals surface area contributed by atoms with Gasteiger partial charge in [-0.15, -0.1) is 0 Å². The molecule has 2 N–H and O–H groups in total. The zero-order valence-corrected chi connectivity index (χ0v) is 44.5. The highest BCUT2D eigenvalue weighted by Crippen LogP contribution is 2.38. The molecule has 9 rings (SSSR count). The minimum atomic E-state index is -2.74. The predicted molar refractivity (Wildman–Crippen MR) is 275 cm³/mol. The first-order valence-corrected chi connectivity index (χ1v) is 24.7. The van der Waals surface area contributed by atoms with Gasteiger partial charge in [-0.2, -0.15) is 29.9 Å². The second kappa shape index (κ2) is 23.7. The molecular weight excluding hydrogens is 993 g/mol. The van der Waals surface area contributed by atoms with Crippen LogP contribution in [0.15, 0.2) is 29.5 Å². The number of nitrogens with zero attached hydrogens (tertiary/aromatic N) is 14. The molecule has 0 unspecified atom stereocenters. The summed E-state index contributed by atoms with van der Waals surface area (Å²) in [7, 11) is 2.70. The van der Waals surface area contributed by atoms with Gasteiger partial charge in [0.05, 0.1) is 81.5 Å². The average Bonchev–Trinajstić information content (AvgIpc) is 3.58. The van der Waals surface area contributed by atoms with Crippen molar-refractivity contribution in [3.63, 3.8) is 0 Å². The molecule has 5 aliphatic rings. The van der Waals surface area contributed by atoms with Gasteiger partial charge < -0.3 is 58.5 Å². The molecule has 404 valence electrons. The van der Waals surface area contributed by atoms with Crippen LogP contribution in [-0.2, 0) is 28.3 Å². The van der Waals surface area contributed by atoms with Crippen LogP contribution in [0, 0.1) is 0 Å². The highest BCUT2D eigenvalue weighted by atomic mass is 35.5. The number of alkyl halides is 4. The number of aromatic nitrogens is 8. The normalized spacial score (nSPS) is 20.4. The topological polar surface area (TPSA) is 213 Å². The van der Waals surface area contributed by atoms with Crippen LogP contribution in [0.25, 0.3) is 11.4 Å². The maximum absolute atomic E-state index is 13.7. The van der Waals surface area contributed by atoms with Gasteiger partial charge in [-0.05, 0) is 79.1 Å². The summed E-state index contributed by atoms with van der Waals surface area (Å²) in [5.74, 6) is 2.47. The Kier molecular flexibility index (Phi) is 18.0. The van der Waals surface area contributed by atoms with Crippen molar-refractivity contribution in [1.29, 1.82) is 0 Å². The molecule has 74 heavy (non-hydrogen) atoms. The van der Waals surface area contributed by atoms with E-state index in [0.717, 1.165) is 25.7 Å². The SMILES string of the molecule is CC1(C)COCCN1c1nc(-c2cnc(N)cc2C(F)F)nc(N2CCOCC2)n1.CC1(C)COCCN1c1nc(Cl)nc(N2CCOCC2)n1.CN(C)C=Nc1cc(C(F)F)c(B2OC(C)(C)C(C)(C)O2)cn1. The van der Waals surface area contributed by atoms with Crippen LogP contribution in [0.3, 0.4) is 0 Å². The summed E-state index contributed by atoms with van der Waals surface area (Å²) in [5, 5.41) is 0.226. The van der Waals surface area contributed by atoms with Crippen molar-refractivity contribution in [2.24, 2.45) is 4.99 Å². The number of rotatable bonds is 10. The summed E-state index contributed by atoms with van der Waals surface area (Å²) in [6, 6.07) is 2.43. The lowest BCUT2D eigenvalue weighted by atomic mass is 9.77. The summed E-state index contributed by atoms with van der Waals surface area (Å²) >= 11 is 6.10. The lowest BCUT2D eigenvalue weighted by Crippen LogP contribution is -2.54. The van der Waals surface area contributed by atoms with Crippen molar-refractivity contribution in [1.82, 2.24) is 44.8 Å². The molecule has 0 saturated carbocycles.